The lowest BCUT2D eigenvalue weighted by molar-refractivity contribution is 0.620. The van der Waals surface area contributed by atoms with Gasteiger partial charge in [-0.15, -0.1) is 0 Å². The van der Waals surface area contributed by atoms with Gasteiger partial charge in [0.15, 0.2) is 4.99 Å². The van der Waals surface area contributed by atoms with E-state index in [0.717, 1.165) is 11.5 Å². The molecular formula is C10H14N4S. The van der Waals surface area contributed by atoms with Crippen LogP contribution in [0.15, 0.2) is 17.4 Å². The van der Waals surface area contributed by atoms with E-state index in [1.807, 2.05) is 32.8 Å². The van der Waals surface area contributed by atoms with Crippen molar-refractivity contribution in [1.82, 2.24) is 14.9 Å². The third kappa shape index (κ3) is 3.06. The predicted octanol–water partition coefficient (Wildman–Crippen LogP) is 1.44. The van der Waals surface area contributed by atoms with Gasteiger partial charge in [0.1, 0.15) is 11.5 Å². The average molecular weight is 222 g/mol. The number of aromatic nitrogens is 2. The summed E-state index contributed by atoms with van der Waals surface area (Å²) in [5, 5.41) is 0. The van der Waals surface area contributed by atoms with E-state index in [4.69, 9.17) is 12.2 Å². The molecule has 1 aromatic rings. The Morgan fingerprint density at radius 3 is 2.47 bits per heavy atom. The summed E-state index contributed by atoms with van der Waals surface area (Å²) in [6, 6.07) is 0. The maximum Gasteiger partial charge on any atom is 0.155 e. The van der Waals surface area contributed by atoms with E-state index < -0.39 is 0 Å². The van der Waals surface area contributed by atoms with Gasteiger partial charge in [0.25, 0.3) is 0 Å². The molecule has 0 aromatic carbocycles. The molecule has 15 heavy (non-hydrogen) atoms. The Kier molecular flexibility index (Phi) is 3.85. The van der Waals surface area contributed by atoms with Crippen molar-refractivity contribution in [2.24, 2.45) is 4.99 Å². The minimum absolute atomic E-state index is 0.479. The first-order valence-corrected chi connectivity index (χ1v) is 4.97. The first-order valence-electron chi connectivity index (χ1n) is 4.57. The minimum Gasteiger partial charge on any atom is -0.366 e. The van der Waals surface area contributed by atoms with Gasteiger partial charge in [-0.2, -0.15) is 0 Å². The molecule has 4 nitrogen and oxygen atoms in total. The van der Waals surface area contributed by atoms with Crippen LogP contribution in [-0.2, 0) is 0 Å². The maximum atomic E-state index is 5.19. The number of nitrogens with zero attached hydrogens (tertiary/aromatic N) is 4. The molecule has 0 aliphatic rings. The SMILES string of the molecule is C/C(=N\C(=S)c1nccnc1C)N(C)C. The third-order valence-corrected chi connectivity index (χ3v) is 2.28. The molecule has 0 saturated heterocycles. The summed E-state index contributed by atoms with van der Waals surface area (Å²) in [5.74, 6) is 0.852. The zero-order valence-corrected chi connectivity index (χ0v) is 10.2. The fourth-order valence-corrected chi connectivity index (χ4v) is 1.25. The van der Waals surface area contributed by atoms with E-state index in [-0.39, 0.29) is 0 Å². The van der Waals surface area contributed by atoms with E-state index in [1.165, 1.54) is 0 Å². The molecule has 5 heteroatoms. The fraction of sp³-hybridized carbons (Fsp3) is 0.400. The van der Waals surface area contributed by atoms with Gasteiger partial charge in [-0.3, -0.25) is 9.97 Å². The predicted molar refractivity (Wildman–Crippen MR) is 65.3 cm³/mol. The third-order valence-electron chi connectivity index (χ3n) is 1.99. The van der Waals surface area contributed by atoms with E-state index in [1.54, 1.807) is 12.4 Å². The molecule has 1 rings (SSSR count). The summed E-state index contributed by atoms with van der Waals surface area (Å²) in [6.07, 6.45) is 3.26. The number of amidine groups is 1. The summed E-state index contributed by atoms with van der Waals surface area (Å²) >= 11 is 5.19. The summed E-state index contributed by atoms with van der Waals surface area (Å²) in [5.41, 5.74) is 1.48. The average Bonchev–Trinajstić information content (AvgIpc) is 2.18. The number of aryl methyl sites for hydroxylation is 1. The largest absolute Gasteiger partial charge is 0.366 e. The van der Waals surface area contributed by atoms with Crippen molar-refractivity contribution in [3.05, 3.63) is 23.8 Å². The number of thiocarbonyl (C=S) groups is 1. The summed E-state index contributed by atoms with van der Waals surface area (Å²) in [4.78, 5) is 14.9. The van der Waals surface area contributed by atoms with Gasteiger partial charge in [0.2, 0.25) is 0 Å². The van der Waals surface area contributed by atoms with Crippen molar-refractivity contribution in [3.8, 4) is 0 Å². The lowest BCUT2D eigenvalue weighted by atomic mass is 10.3. The number of hydrogen-bond donors (Lipinski definition) is 0. The molecule has 0 radical (unpaired) electrons. The van der Waals surface area contributed by atoms with E-state index in [2.05, 4.69) is 15.0 Å². The Bertz CT molecular complexity index is 398. The van der Waals surface area contributed by atoms with Crippen molar-refractivity contribution in [3.63, 3.8) is 0 Å². The molecule has 0 bridgehead atoms. The van der Waals surface area contributed by atoms with Gasteiger partial charge in [-0.05, 0) is 13.8 Å². The van der Waals surface area contributed by atoms with E-state index in [0.29, 0.717) is 10.7 Å². The lowest BCUT2D eigenvalue weighted by Gasteiger charge is -2.11. The van der Waals surface area contributed by atoms with Crippen molar-refractivity contribution in [2.45, 2.75) is 13.8 Å². The highest BCUT2D eigenvalue weighted by Crippen LogP contribution is 2.03. The Hall–Kier alpha value is -1.36. The molecule has 0 spiro atoms. The molecule has 0 unspecified atom stereocenters. The highest BCUT2D eigenvalue weighted by molar-refractivity contribution is 7.80. The fourth-order valence-electron chi connectivity index (χ4n) is 0.917. The van der Waals surface area contributed by atoms with Crippen LogP contribution < -0.4 is 0 Å². The van der Waals surface area contributed by atoms with Crippen molar-refractivity contribution >= 4 is 23.0 Å². The number of hydrogen-bond acceptors (Lipinski definition) is 3. The molecule has 0 amide bonds. The standard InChI is InChI=1S/C10H14N4S/c1-7-9(12-6-5-11-7)10(15)13-8(2)14(3)4/h5-6H,1-4H3/b13-8+. The summed E-state index contributed by atoms with van der Waals surface area (Å²) in [6.45, 7) is 3.77. The quantitative estimate of drug-likeness (QED) is 0.409. The van der Waals surface area contributed by atoms with Gasteiger partial charge in [-0.25, -0.2) is 4.99 Å². The van der Waals surface area contributed by atoms with Crippen LogP contribution in [0.3, 0.4) is 0 Å². The summed E-state index contributed by atoms with van der Waals surface area (Å²) < 4.78 is 0. The molecule has 1 aromatic heterocycles. The van der Waals surface area contributed by atoms with Crippen LogP contribution in [0.4, 0.5) is 0 Å². The maximum absolute atomic E-state index is 5.19. The molecule has 0 N–H and O–H groups in total. The molecule has 0 saturated carbocycles. The van der Waals surface area contributed by atoms with Crippen LogP contribution in [0.1, 0.15) is 18.3 Å². The molecule has 0 atom stereocenters. The topological polar surface area (TPSA) is 41.4 Å². The van der Waals surface area contributed by atoms with Crippen LogP contribution in [0.5, 0.6) is 0 Å². The zero-order chi connectivity index (χ0) is 11.4. The molecule has 0 aliphatic carbocycles. The zero-order valence-electron chi connectivity index (χ0n) is 9.35. The highest BCUT2D eigenvalue weighted by Gasteiger charge is 2.06. The van der Waals surface area contributed by atoms with Crippen LogP contribution in [0.2, 0.25) is 0 Å². The monoisotopic (exact) mass is 222 g/mol. The second-order valence-corrected chi connectivity index (χ2v) is 3.74. The number of rotatable bonds is 1. The van der Waals surface area contributed by atoms with Crippen molar-refractivity contribution in [1.29, 1.82) is 0 Å². The molecule has 80 valence electrons. The first kappa shape index (κ1) is 11.7. The van der Waals surface area contributed by atoms with Gasteiger partial charge in [0.05, 0.1) is 5.69 Å². The molecule has 0 aliphatic heterocycles. The van der Waals surface area contributed by atoms with E-state index in [9.17, 15) is 0 Å². The first-order chi connectivity index (χ1) is 7.02. The smallest absolute Gasteiger partial charge is 0.155 e. The van der Waals surface area contributed by atoms with Crippen LogP contribution >= 0.6 is 12.2 Å². The van der Waals surface area contributed by atoms with Crippen molar-refractivity contribution < 1.29 is 0 Å². The highest BCUT2D eigenvalue weighted by atomic mass is 32.1. The van der Waals surface area contributed by atoms with Gasteiger partial charge >= 0.3 is 0 Å². The Morgan fingerprint density at radius 1 is 1.33 bits per heavy atom. The second-order valence-electron chi connectivity index (χ2n) is 3.35. The molecule has 1 heterocycles. The Labute approximate surface area is 95.1 Å². The Balaban J connectivity index is 2.97. The Morgan fingerprint density at radius 2 is 1.93 bits per heavy atom. The van der Waals surface area contributed by atoms with Crippen LogP contribution in [0, 0.1) is 6.92 Å². The number of aliphatic imine (C=N–C) groups is 1. The van der Waals surface area contributed by atoms with E-state index >= 15 is 0 Å². The van der Waals surface area contributed by atoms with Gasteiger partial charge in [0, 0.05) is 26.5 Å². The van der Waals surface area contributed by atoms with Crippen LogP contribution in [0.25, 0.3) is 0 Å². The van der Waals surface area contributed by atoms with Crippen molar-refractivity contribution in [2.75, 3.05) is 14.1 Å². The molecular weight excluding hydrogens is 208 g/mol. The van der Waals surface area contributed by atoms with Gasteiger partial charge < -0.3 is 4.90 Å². The lowest BCUT2D eigenvalue weighted by Crippen LogP contribution is -2.20. The minimum atomic E-state index is 0.479. The second kappa shape index (κ2) is 4.93. The normalized spacial score (nSPS) is 11.3. The molecule has 0 fully saturated rings. The summed E-state index contributed by atoms with van der Waals surface area (Å²) in [7, 11) is 3.84. The van der Waals surface area contributed by atoms with Gasteiger partial charge in [-0.1, -0.05) is 12.2 Å². The van der Waals surface area contributed by atoms with Crippen LogP contribution in [-0.4, -0.2) is 39.8 Å².